The minimum atomic E-state index is -0.0646. The van der Waals surface area contributed by atoms with Crippen molar-refractivity contribution in [1.82, 2.24) is 19.4 Å². The molecule has 0 atom stereocenters. The highest BCUT2D eigenvalue weighted by molar-refractivity contribution is 7.98. The molecule has 0 aliphatic heterocycles. The van der Waals surface area contributed by atoms with Gasteiger partial charge in [-0.3, -0.25) is 9.20 Å². The van der Waals surface area contributed by atoms with Crippen molar-refractivity contribution in [1.29, 1.82) is 0 Å². The van der Waals surface area contributed by atoms with Crippen LogP contribution >= 0.6 is 23.1 Å². The van der Waals surface area contributed by atoms with Gasteiger partial charge in [-0.25, -0.2) is 15.0 Å². The molecule has 0 aliphatic carbocycles. The van der Waals surface area contributed by atoms with Crippen molar-refractivity contribution in [3.8, 4) is 10.4 Å². The molecule has 1 aromatic carbocycles. The molecule has 0 saturated carbocycles. The number of thiophene rings is 1. The van der Waals surface area contributed by atoms with E-state index in [0.29, 0.717) is 11.4 Å². The minimum Gasteiger partial charge on any atom is -0.269 e. The van der Waals surface area contributed by atoms with Crippen LogP contribution in [-0.4, -0.2) is 19.4 Å². The van der Waals surface area contributed by atoms with Crippen molar-refractivity contribution in [3.05, 3.63) is 88.2 Å². The van der Waals surface area contributed by atoms with Crippen LogP contribution in [0.1, 0.15) is 17.1 Å². The predicted octanol–water partition coefficient (Wildman–Crippen LogP) is 5.28. The first-order valence-corrected chi connectivity index (χ1v) is 11.3. The third-order valence-corrected chi connectivity index (χ3v) is 6.93. The number of pyridine rings is 1. The Morgan fingerprint density at radius 2 is 1.83 bits per heavy atom. The fourth-order valence-electron chi connectivity index (χ4n) is 3.38. The van der Waals surface area contributed by atoms with Crippen LogP contribution in [0.5, 0.6) is 0 Å². The lowest BCUT2D eigenvalue weighted by molar-refractivity contribution is 0.994. The van der Waals surface area contributed by atoms with Gasteiger partial charge in [0, 0.05) is 28.3 Å². The molecule has 0 spiro atoms. The lowest BCUT2D eigenvalue weighted by Crippen LogP contribution is -2.15. The molecule has 0 bridgehead atoms. The van der Waals surface area contributed by atoms with Crippen molar-refractivity contribution in [3.63, 3.8) is 0 Å². The predicted molar refractivity (Wildman–Crippen MR) is 123 cm³/mol. The number of hydrogen-bond donors (Lipinski definition) is 0. The highest BCUT2D eigenvalue weighted by Crippen LogP contribution is 2.37. The Kier molecular flexibility index (Phi) is 4.84. The molecule has 0 fully saturated rings. The summed E-state index contributed by atoms with van der Waals surface area (Å²) in [5.41, 5.74) is 3.54. The van der Waals surface area contributed by atoms with E-state index in [9.17, 15) is 4.79 Å². The van der Waals surface area contributed by atoms with Gasteiger partial charge >= 0.3 is 0 Å². The summed E-state index contributed by atoms with van der Waals surface area (Å²) >= 11 is 3.27. The summed E-state index contributed by atoms with van der Waals surface area (Å²) in [6.45, 7) is 3.88. The zero-order valence-electron chi connectivity index (χ0n) is 16.5. The number of aryl methyl sites for hydroxylation is 2. The zero-order valence-corrected chi connectivity index (χ0v) is 18.1. The van der Waals surface area contributed by atoms with E-state index in [1.165, 1.54) is 10.4 Å². The second kappa shape index (κ2) is 7.66. The van der Waals surface area contributed by atoms with Crippen molar-refractivity contribution in [2.24, 2.45) is 0 Å². The second-order valence-corrected chi connectivity index (χ2v) is 9.03. The first-order valence-electron chi connectivity index (χ1n) is 9.53. The minimum absolute atomic E-state index is 0.0646. The van der Waals surface area contributed by atoms with E-state index in [4.69, 9.17) is 4.98 Å². The molecule has 0 unspecified atom stereocenters. The SMILES string of the molecule is Cc1nc(SCc2cc(=O)n3cccc(C)c3n2)c2cc(-c3ccccc3)sc2n1. The van der Waals surface area contributed by atoms with E-state index < -0.39 is 0 Å². The normalized spacial score (nSPS) is 11.4. The third-order valence-electron chi connectivity index (χ3n) is 4.82. The zero-order chi connectivity index (χ0) is 20.7. The first-order chi connectivity index (χ1) is 14.6. The molecular weight excluding hydrogens is 412 g/mol. The number of nitrogens with zero attached hydrogens (tertiary/aromatic N) is 4. The van der Waals surface area contributed by atoms with Crippen LogP contribution in [0.2, 0.25) is 0 Å². The van der Waals surface area contributed by atoms with Crippen molar-refractivity contribution < 1.29 is 0 Å². The van der Waals surface area contributed by atoms with Crippen LogP contribution in [0.15, 0.2) is 70.6 Å². The van der Waals surface area contributed by atoms with E-state index >= 15 is 0 Å². The molecule has 0 radical (unpaired) electrons. The maximum Gasteiger partial charge on any atom is 0.258 e. The Balaban J connectivity index is 1.51. The van der Waals surface area contributed by atoms with E-state index in [2.05, 4.69) is 28.2 Å². The number of benzene rings is 1. The lowest BCUT2D eigenvalue weighted by atomic mass is 10.2. The lowest BCUT2D eigenvalue weighted by Gasteiger charge is -2.07. The van der Waals surface area contributed by atoms with Crippen LogP contribution in [0.25, 0.3) is 26.3 Å². The Labute approximate surface area is 181 Å². The Morgan fingerprint density at radius 3 is 2.67 bits per heavy atom. The summed E-state index contributed by atoms with van der Waals surface area (Å²) in [6, 6.07) is 17.9. The van der Waals surface area contributed by atoms with Crippen molar-refractivity contribution in [2.75, 3.05) is 0 Å². The second-order valence-electron chi connectivity index (χ2n) is 7.03. The highest BCUT2D eigenvalue weighted by Gasteiger charge is 2.13. The molecule has 0 N–H and O–H groups in total. The fraction of sp³-hybridized carbons (Fsp3) is 0.130. The highest BCUT2D eigenvalue weighted by atomic mass is 32.2. The standard InChI is InChI=1S/C23H18N4OS2/c1-14-7-6-10-27-20(28)11-17(26-21(14)27)13-29-22-18-12-19(16-8-4-3-5-9-16)30-23(18)25-15(2)24-22/h3-12H,13H2,1-2H3. The van der Waals surface area contributed by atoms with Gasteiger partial charge in [-0.2, -0.15) is 0 Å². The third kappa shape index (κ3) is 3.51. The summed E-state index contributed by atoms with van der Waals surface area (Å²) in [6.07, 6.45) is 1.75. The van der Waals surface area contributed by atoms with Crippen LogP contribution in [0, 0.1) is 13.8 Å². The number of aromatic nitrogens is 4. The number of hydrogen-bond acceptors (Lipinski definition) is 6. The quantitative estimate of drug-likeness (QED) is 0.287. The van der Waals surface area contributed by atoms with Crippen molar-refractivity contribution >= 4 is 39.0 Å². The van der Waals surface area contributed by atoms with Gasteiger partial charge in [-0.15, -0.1) is 11.3 Å². The van der Waals surface area contributed by atoms with Gasteiger partial charge in [0.2, 0.25) is 0 Å². The summed E-state index contributed by atoms with van der Waals surface area (Å²) < 4.78 is 1.58. The van der Waals surface area contributed by atoms with Crippen LogP contribution in [-0.2, 0) is 5.75 Å². The van der Waals surface area contributed by atoms with Gasteiger partial charge in [0.05, 0.1) is 5.69 Å². The molecule has 0 amide bonds. The average Bonchev–Trinajstić information content (AvgIpc) is 3.17. The maximum absolute atomic E-state index is 12.5. The largest absolute Gasteiger partial charge is 0.269 e. The number of rotatable bonds is 4. The topological polar surface area (TPSA) is 60.2 Å². The van der Waals surface area contributed by atoms with E-state index in [1.54, 1.807) is 39.8 Å². The molecule has 4 aromatic heterocycles. The molecule has 0 aliphatic rings. The summed E-state index contributed by atoms with van der Waals surface area (Å²) in [7, 11) is 0. The molecule has 7 heteroatoms. The molecule has 148 valence electrons. The van der Waals surface area contributed by atoms with Gasteiger partial charge in [0.15, 0.2) is 0 Å². The van der Waals surface area contributed by atoms with E-state index in [0.717, 1.165) is 32.3 Å². The molecule has 0 saturated heterocycles. The monoisotopic (exact) mass is 430 g/mol. The molecule has 4 heterocycles. The van der Waals surface area contributed by atoms with Crippen LogP contribution in [0.4, 0.5) is 0 Å². The first kappa shape index (κ1) is 19.0. The number of thioether (sulfide) groups is 1. The van der Waals surface area contributed by atoms with Gasteiger partial charge in [-0.1, -0.05) is 48.2 Å². The van der Waals surface area contributed by atoms with Gasteiger partial charge < -0.3 is 0 Å². The van der Waals surface area contributed by atoms with Gasteiger partial charge in [0.25, 0.3) is 5.56 Å². The molecular formula is C23H18N4OS2. The van der Waals surface area contributed by atoms with Gasteiger partial charge in [-0.05, 0) is 37.1 Å². The fourth-order valence-corrected chi connectivity index (χ4v) is 5.46. The Morgan fingerprint density at radius 1 is 1.00 bits per heavy atom. The van der Waals surface area contributed by atoms with E-state index in [1.807, 2.05) is 44.2 Å². The Hall–Kier alpha value is -3.03. The van der Waals surface area contributed by atoms with Crippen LogP contribution in [0.3, 0.4) is 0 Å². The molecule has 30 heavy (non-hydrogen) atoms. The Bertz CT molecular complexity index is 1440. The summed E-state index contributed by atoms with van der Waals surface area (Å²) in [4.78, 5) is 28.6. The molecule has 5 rings (SSSR count). The molecule has 5 nitrogen and oxygen atoms in total. The summed E-state index contributed by atoms with van der Waals surface area (Å²) in [5, 5.41) is 1.96. The smallest absolute Gasteiger partial charge is 0.258 e. The van der Waals surface area contributed by atoms with Crippen molar-refractivity contribution in [2.45, 2.75) is 24.6 Å². The van der Waals surface area contributed by atoms with Gasteiger partial charge in [0.1, 0.15) is 21.3 Å². The average molecular weight is 431 g/mol. The number of fused-ring (bicyclic) bond motifs is 2. The van der Waals surface area contributed by atoms with Crippen LogP contribution < -0.4 is 5.56 Å². The van der Waals surface area contributed by atoms with E-state index in [-0.39, 0.29) is 5.56 Å². The summed E-state index contributed by atoms with van der Waals surface area (Å²) in [5.74, 6) is 1.32. The maximum atomic E-state index is 12.5. The molecule has 5 aromatic rings.